The summed E-state index contributed by atoms with van der Waals surface area (Å²) in [7, 11) is 1.84. The minimum absolute atomic E-state index is 0.0193. The van der Waals surface area contributed by atoms with E-state index >= 15 is 0 Å². The first-order valence-electron chi connectivity index (χ1n) is 5.57. The fourth-order valence-corrected chi connectivity index (χ4v) is 2.13. The standard InChI is InChI=1S/C11H18N2O2/c1-8(12-2)7-13-9(14)5-11(3-4-11)6-10(13)15/h8,12H,3-7H2,1-2H3. The van der Waals surface area contributed by atoms with Gasteiger partial charge < -0.3 is 5.32 Å². The Labute approximate surface area is 90.0 Å². The van der Waals surface area contributed by atoms with Gasteiger partial charge in [-0.25, -0.2) is 0 Å². The quantitative estimate of drug-likeness (QED) is 0.691. The summed E-state index contributed by atoms with van der Waals surface area (Å²) >= 11 is 0. The fraction of sp³-hybridized carbons (Fsp3) is 0.818. The molecule has 0 bridgehead atoms. The van der Waals surface area contributed by atoms with Crippen LogP contribution in [0.5, 0.6) is 0 Å². The lowest BCUT2D eigenvalue weighted by Crippen LogP contribution is -2.49. The molecule has 1 atom stereocenters. The van der Waals surface area contributed by atoms with Crippen molar-refractivity contribution >= 4 is 11.8 Å². The van der Waals surface area contributed by atoms with Gasteiger partial charge in [0.2, 0.25) is 11.8 Å². The number of nitrogens with one attached hydrogen (secondary N) is 1. The highest BCUT2D eigenvalue weighted by Crippen LogP contribution is 2.54. The van der Waals surface area contributed by atoms with Gasteiger partial charge in [-0.3, -0.25) is 14.5 Å². The van der Waals surface area contributed by atoms with E-state index in [1.165, 1.54) is 4.90 Å². The van der Waals surface area contributed by atoms with Gasteiger partial charge in [-0.15, -0.1) is 0 Å². The van der Waals surface area contributed by atoms with Crippen LogP contribution in [0.15, 0.2) is 0 Å². The number of amides is 2. The molecule has 2 fully saturated rings. The Morgan fingerprint density at radius 2 is 1.87 bits per heavy atom. The van der Waals surface area contributed by atoms with Gasteiger partial charge in [0.25, 0.3) is 0 Å². The van der Waals surface area contributed by atoms with Gasteiger partial charge in [0.1, 0.15) is 0 Å². The average Bonchev–Trinajstić information content (AvgIpc) is 2.91. The molecule has 84 valence electrons. The van der Waals surface area contributed by atoms with E-state index in [1.807, 2.05) is 14.0 Å². The molecule has 1 saturated heterocycles. The van der Waals surface area contributed by atoms with Gasteiger partial charge in [0, 0.05) is 25.4 Å². The molecule has 2 amide bonds. The summed E-state index contributed by atoms with van der Waals surface area (Å²) in [5.41, 5.74) is 0.0769. The van der Waals surface area contributed by atoms with Gasteiger partial charge in [0.15, 0.2) is 0 Å². The van der Waals surface area contributed by atoms with Crippen LogP contribution in [0.1, 0.15) is 32.6 Å². The number of likely N-dealkylation sites (N-methyl/N-ethyl adjacent to an activating group) is 1. The van der Waals surface area contributed by atoms with Crippen LogP contribution >= 0.6 is 0 Å². The van der Waals surface area contributed by atoms with Crippen molar-refractivity contribution in [1.29, 1.82) is 0 Å². The number of hydrogen-bond acceptors (Lipinski definition) is 3. The monoisotopic (exact) mass is 210 g/mol. The van der Waals surface area contributed by atoms with Crippen LogP contribution < -0.4 is 5.32 Å². The third-order valence-corrected chi connectivity index (χ3v) is 3.56. The van der Waals surface area contributed by atoms with Crippen LogP contribution in [0.3, 0.4) is 0 Å². The molecular weight excluding hydrogens is 192 g/mol. The minimum atomic E-state index is 0.0193. The van der Waals surface area contributed by atoms with Gasteiger partial charge in [-0.05, 0) is 32.2 Å². The summed E-state index contributed by atoms with van der Waals surface area (Å²) < 4.78 is 0. The first-order valence-corrected chi connectivity index (χ1v) is 5.57. The zero-order valence-corrected chi connectivity index (χ0v) is 9.38. The minimum Gasteiger partial charge on any atom is -0.315 e. The molecule has 15 heavy (non-hydrogen) atoms. The van der Waals surface area contributed by atoms with Gasteiger partial charge in [0.05, 0.1) is 0 Å². The highest BCUT2D eigenvalue weighted by atomic mass is 16.2. The van der Waals surface area contributed by atoms with Crippen molar-refractivity contribution in [3.63, 3.8) is 0 Å². The normalized spacial score (nSPS) is 25.9. The molecule has 0 aromatic carbocycles. The van der Waals surface area contributed by atoms with E-state index in [-0.39, 0.29) is 23.3 Å². The molecule has 0 aromatic rings. The van der Waals surface area contributed by atoms with E-state index in [0.29, 0.717) is 19.4 Å². The molecule has 0 aromatic heterocycles. The van der Waals surface area contributed by atoms with Crippen molar-refractivity contribution in [2.75, 3.05) is 13.6 Å². The molecule has 2 rings (SSSR count). The molecule has 1 aliphatic carbocycles. The Balaban J connectivity index is 2.00. The smallest absolute Gasteiger partial charge is 0.229 e. The first-order chi connectivity index (χ1) is 7.06. The zero-order chi connectivity index (χ0) is 11.1. The Hall–Kier alpha value is -0.900. The number of piperidine rings is 1. The molecule has 1 saturated carbocycles. The molecular formula is C11H18N2O2. The van der Waals surface area contributed by atoms with Crippen LogP contribution in [0.25, 0.3) is 0 Å². The molecule has 4 nitrogen and oxygen atoms in total. The van der Waals surface area contributed by atoms with Crippen LogP contribution in [0, 0.1) is 5.41 Å². The molecule has 1 N–H and O–H groups in total. The zero-order valence-electron chi connectivity index (χ0n) is 9.38. The number of carbonyl (C=O) groups is 2. The van der Waals surface area contributed by atoms with Crippen LogP contribution in [0.4, 0.5) is 0 Å². The molecule has 1 heterocycles. The molecule has 4 heteroatoms. The van der Waals surface area contributed by atoms with Gasteiger partial charge in [-0.1, -0.05) is 0 Å². The first kappa shape index (κ1) is 10.6. The fourth-order valence-electron chi connectivity index (χ4n) is 2.13. The second kappa shape index (κ2) is 3.59. The maximum absolute atomic E-state index is 11.8. The van der Waals surface area contributed by atoms with E-state index in [0.717, 1.165) is 12.8 Å². The largest absolute Gasteiger partial charge is 0.315 e. The summed E-state index contributed by atoms with van der Waals surface area (Å²) in [5.74, 6) is 0.0386. The molecule has 1 aliphatic heterocycles. The molecule has 1 unspecified atom stereocenters. The lowest BCUT2D eigenvalue weighted by molar-refractivity contribution is -0.151. The maximum atomic E-state index is 11.8. The van der Waals surface area contributed by atoms with Crippen molar-refractivity contribution in [2.24, 2.45) is 5.41 Å². The van der Waals surface area contributed by atoms with Crippen LogP contribution in [-0.2, 0) is 9.59 Å². The average molecular weight is 210 g/mol. The molecule has 0 radical (unpaired) electrons. The molecule has 2 aliphatic rings. The van der Waals surface area contributed by atoms with E-state index in [4.69, 9.17) is 0 Å². The Bertz CT molecular complexity index is 277. The maximum Gasteiger partial charge on any atom is 0.229 e. The van der Waals surface area contributed by atoms with Crippen molar-refractivity contribution in [3.8, 4) is 0 Å². The Morgan fingerprint density at radius 1 is 1.33 bits per heavy atom. The summed E-state index contributed by atoms with van der Waals surface area (Å²) in [6.07, 6.45) is 3.27. The number of likely N-dealkylation sites (tertiary alicyclic amines) is 1. The second-order valence-electron chi connectivity index (χ2n) is 4.94. The highest BCUT2D eigenvalue weighted by molar-refractivity contribution is 5.99. The van der Waals surface area contributed by atoms with Crippen LogP contribution in [0.2, 0.25) is 0 Å². The lowest BCUT2D eigenvalue weighted by Gasteiger charge is -2.31. The Kier molecular flexibility index (Phi) is 2.54. The van der Waals surface area contributed by atoms with Crippen molar-refractivity contribution in [2.45, 2.75) is 38.6 Å². The van der Waals surface area contributed by atoms with Gasteiger partial charge in [-0.2, -0.15) is 0 Å². The van der Waals surface area contributed by atoms with E-state index in [1.54, 1.807) is 0 Å². The SMILES string of the molecule is CNC(C)CN1C(=O)CC2(CC2)CC1=O. The number of hydrogen-bond donors (Lipinski definition) is 1. The predicted molar refractivity (Wildman–Crippen MR) is 56.1 cm³/mol. The van der Waals surface area contributed by atoms with Gasteiger partial charge >= 0.3 is 0 Å². The Morgan fingerprint density at radius 3 is 2.27 bits per heavy atom. The van der Waals surface area contributed by atoms with E-state index < -0.39 is 0 Å². The number of nitrogens with zero attached hydrogens (tertiary/aromatic N) is 1. The number of rotatable bonds is 3. The number of carbonyl (C=O) groups excluding carboxylic acids is 2. The van der Waals surface area contributed by atoms with Crippen molar-refractivity contribution in [3.05, 3.63) is 0 Å². The summed E-state index contributed by atoms with van der Waals surface area (Å²) in [4.78, 5) is 25.0. The third-order valence-electron chi connectivity index (χ3n) is 3.56. The number of imide groups is 1. The topological polar surface area (TPSA) is 49.4 Å². The summed E-state index contributed by atoms with van der Waals surface area (Å²) in [6.45, 7) is 2.48. The molecule has 1 spiro atoms. The van der Waals surface area contributed by atoms with E-state index in [9.17, 15) is 9.59 Å². The van der Waals surface area contributed by atoms with Crippen LogP contribution in [-0.4, -0.2) is 36.3 Å². The second-order valence-corrected chi connectivity index (χ2v) is 4.94. The van der Waals surface area contributed by atoms with E-state index in [2.05, 4.69) is 5.32 Å². The lowest BCUT2D eigenvalue weighted by atomic mass is 9.92. The van der Waals surface area contributed by atoms with Crippen molar-refractivity contribution < 1.29 is 9.59 Å². The predicted octanol–water partition coefficient (Wildman–Crippen LogP) is 0.523. The highest BCUT2D eigenvalue weighted by Gasteiger charge is 2.51. The third kappa shape index (κ3) is 2.04. The summed E-state index contributed by atoms with van der Waals surface area (Å²) in [6, 6.07) is 0.172. The van der Waals surface area contributed by atoms with Crippen molar-refractivity contribution in [1.82, 2.24) is 10.2 Å². The summed E-state index contributed by atoms with van der Waals surface area (Å²) in [5, 5.41) is 3.04.